The summed E-state index contributed by atoms with van der Waals surface area (Å²) in [5, 5.41) is 2.72. The minimum atomic E-state index is -4.38. The predicted octanol–water partition coefficient (Wildman–Crippen LogP) is 3.67. The molecule has 0 aromatic heterocycles. The van der Waals surface area contributed by atoms with Crippen LogP contribution >= 0.6 is 0 Å². The van der Waals surface area contributed by atoms with E-state index < -0.39 is 11.7 Å². The van der Waals surface area contributed by atoms with Crippen molar-refractivity contribution in [3.05, 3.63) is 70.8 Å². The van der Waals surface area contributed by atoms with E-state index in [4.69, 9.17) is 0 Å². The summed E-state index contributed by atoms with van der Waals surface area (Å²) in [5.74, 6) is 0.0588. The van der Waals surface area contributed by atoms with Crippen molar-refractivity contribution in [2.75, 3.05) is 0 Å². The van der Waals surface area contributed by atoms with Gasteiger partial charge in [0.05, 0.1) is 17.5 Å². The van der Waals surface area contributed by atoms with Crippen LogP contribution in [0.2, 0.25) is 0 Å². The molecule has 0 bridgehead atoms. The van der Waals surface area contributed by atoms with Crippen LogP contribution in [0.15, 0.2) is 53.5 Å². The van der Waals surface area contributed by atoms with Crippen molar-refractivity contribution in [1.82, 2.24) is 5.32 Å². The van der Waals surface area contributed by atoms with E-state index in [0.717, 1.165) is 23.3 Å². The molecule has 2 aromatic rings. The number of carbonyl (C=O) groups excluding carboxylic acids is 1. The van der Waals surface area contributed by atoms with Gasteiger partial charge in [0, 0.05) is 11.5 Å². The molecule has 2 aliphatic rings. The fourth-order valence-electron chi connectivity index (χ4n) is 3.31. The van der Waals surface area contributed by atoms with Gasteiger partial charge in [0.2, 0.25) is 5.91 Å². The Morgan fingerprint density at radius 3 is 2.20 bits per heavy atom. The molecule has 1 aliphatic heterocycles. The van der Waals surface area contributed by atoms with E-state index in [1.165, 1.54) is 12.1 Å². The van der Waals surface area contributed by atoms with Gasteiger partial charge in [0.1, 0.15) is 5.84 Å². The average molecular weight is 344 g/mol. The summed E-state index contributed by atoms with van der Waals surface area (Å²) >= 11 is 0. The molecule has 1 fully saturated rings. The van der Waals surface area contributed by atoms with Gasteiger partial charge in [-0.3, -0.25) is 9.79 Å². The van der Waals surface area contributed by atoms with Gasteiger partial charge in [-0.05, 0) is 24.6 Å². The van der Waals surface area contributed by atoms with E-state index in [-0.39, 0.29) is 23.8 Å². The first-order valence-corrected chi connectivity index (χ1v) is 7.97. The lowest BCUT2D eigenvalue weighted by Crippen LogP contribution is -2.36. The molecule has 3 atom stereocenters. The van der Waals surface area contributed by atoms with Gasteiger partial charge in [-0.15, -0.1) is 0 Å². The highest BCUT2D eigenvalue weighted by Crippen LogP contribution is 2.51. The fourth-order valence-corrected chi connectivity index (χ4v) is 3.31. The van der Waals surface area contributed by atoms with Crippen molar-refractivity contribution < 1.29 is 18.0 Å². The normalized spacial score (nSPS) is 25.0. The Morgan fingerprint density at radius 2 is 1.60 bits per heavy atom. The molecule has 1 amide bonds. The highest BCUT2D eigenvalue weighted by atomic mass is 19.4. The zero-order valence-corrected chi connectivity index (χ0v) is 13.3. The van der Waals surface area contributed by atoms with Crippen LogP contribution < -0.4 is 5.32 Å². The molecule has 6 heteroatoms. The number of carbonyl (C=O) groups is 1. The van der Waals surface area contributed by atoms with Crippen LogP contribution in [-0.2, 0) is 11.0 Å². The monoisotopic (exact) mass is 344 g/mol. The van der Waals surface area contributed by atoms with E-state index in [1.54, 1.807) is 0 Å². The summed E-state index contributed by atoms with van der Waals surface area (Å²) in [6, 6.07) is 12.5. The third kappa shape index (κ3) is 2.81. The number of hydrogen-bond donors (Lipinski definition) is 1. The summed E-state index contributed by atoms with van der Waals surface area (Å²) in [6.45, 7) is 2.00. The van der Waals surface area contributed by atoms with E-state index >= 15 is 0 Å². The maximum atomic E-state index is 12.7. The quantitative estimate of drug-likeness (QED) is 0.887. The number of alkyl halides is 3. The molecule has 0 radical (unpaired) electrons. The number of nitrogens with zero attached hydrogens (tertiary/aromatic N) is 1. The second-order valence-electron chi connectivity index (χ2n) is 6.49. The highest BCUT2D eigenvalue weighted by molar-refractivity contribution is 6.11. The molecule has 3 unspecified atom stereocenters. The Balaban J connectivity index is 1.60. The lowest BCUT2D eigenvalue weighted by molar-refractivity contribution is -0.137. The largest absolute Gasteiger partial charge is 0.416 e. The predicted molar refractivity (Wildman–Crippen MR) is 87.3 cm³/mol. The van der Waals surface area contributed by atoms with Gasteiger partial charge in [-0.2, -0.15) is 13.2 Å². The number of rotatable bonds is 2. The number of nitrogens with one attached hydrogen (secondary N) is 1. The first-order valence-electron chi connectivity index (χ1n) is 7.97. The van der Waals surface area contributed by atoms with Crippen molar-refractivity contribution in [2.45, 2.75) is 25.1 Å². The maximum absolute atomic E-state index is 12.7. The molecule has 3 nitrogen and oxygen atoms in total. The van der Waals surface area contributed by atoms with Crippen molar-refractivity contribution in [3.8, 4) is 0 Å². The van der Waals surface area contributed by atoms with Crippen LogP contribution in [0.1, 0.15) is 28.2 Å². The molecule has 0 spiro atoms. The van der Waals surface area contributed by atoms with E-state index in [1.807, 2.05) is 31.2 Å². The van der Waals surface area contributed by atoms with Crippen LogP contribution in [0.3, 0.4) is 0 Å². The fraction of sp³-hybridized carbons (Fsp3) is 0.263. The van der Waals surface area contributed by atoms with Gasteiger partial charge >= 0.3 is 6.18 Å². The molecule has 4 rings (SSSR count). The van der Waals surface area contributed by atoms with E-state index in [2.05, 4.69) is 10.3 Å². The molecule has 1 aliphatic carbocycles. The number of aryl methyl sites for hydroxylation is 1. The number of aliphatic imine (C=N–C) groups is 1. The third-order valence-corrected chi connectivity index (χ3v) is 4.75. The lowest BCUT2D eigenvalue weighted by Gasteiger charge is -2.13. The molecule has 2 aromatic carbocycles. The van der Waals surface area contributed by atoms with Gasteiger partial charge in [0.15, 0.2) is 0 Å². The standard InChI is InChI=1S/C19H15F3N2O/c1-10-2-4-11(5-3-10)14-15-16(14)23-17(24-18(15)25)12-6-8-13(9-7-12)19(20,21)22/h2-9,14-16H,1H3,(H,23,24,25). The Kier molecular flexibility index (Phi) is 3.45. The summed E-state index contributed by atoms with van der Waals surface area (Å²) in [5.41, 5.74) is 1.97. The maximum Gasteiger partial charge on any atom is 0.416 e. The first kappa shape index (κ1) is 15.9. The zero-order chi connectivity index (χ0) is 17.8. The number of halogens is 3. The summed E-state index contributed by atoms with van der Waals surface area (Å²) in [6.07, 6.45) is -4.38. The second-order valence-corrected chi connectivity index (χ2v) is 6.49. The molecule has 1 N–H and O–H groups in total. The highest BCUT2D eigenvalue weighted by Gasteiger charge is 2.58. The van der Waals surface area contributed by atoms with Crippen molar-refractivity contribution in [2.24, 2.45) is 10.9 Å². The van der Waals surface area contributed by atoms with Crippen LogP contribution in [-0.4, -0.2) is 17.8 Å². The van der Waals surface area contributed by atoms with Crippen molar-refractivity contribution in [1.29, 1.82) is 0 Å². The van der Waals surface area contributed by atoms with Crippen LogP contribution in [0.5, 0.6) is 0 Å². The number of hydrogen-bond acceptors (Lipinski definition) is 2. The third-order valence-electron chi connectivity index (χ3n) is 4.75. The second kappa shape index (κ2) is 5.44. The molecular weight excluding hydrogens is 329 g/mol. The average Bonchev–Trinajstić information content (AvgIpc) is 3.30. The van der Waals surface area contributed by atoms with Gasteiger partial charge in [0.25, 0.3) is 0 Å². The summed E-state index contributed by atoms with van der Waals surface area (Å²) in [7, 11) is 0. The lowest BCUT2D eigenvalue weighted by atomic mass is 10.1. The minimum Gasteiger partial charge on any atom is -0.310 e. The van der Waals surface area contributed by atoms with Gasteiger partial charge < -0.3 is 5.32 Å². The number of fused-ring (bicyclic) bond motifs is 1. The molecule has 128 valence electrons. The minimum absolute atomic E-state index is 0.0348. The van der Waals surface area contributed by atoms with E-state index in [0.29, 0.717) is 11.4 Å². The van der Waals surface area contributed by atoms with Gasteiger partial charge in [-0.25, -0.2) is 0 Å². The molecule has 1 heterocycles. The molecule has 1 saturated carbocycles. The van der Waals surface area contributed by atoms with Crippen molar-refractivity contribution >= 4 is 11.7 Å². The number of benzene rings is 2. The molecule has 25 heavy (non-hydrogen) atoms. The summed E-state index contributed by atoms with van der Waals surface area (Å²) in [4.78, 5) is 16.9. The number of amidine groups is 1. The van der Waals surface area contributed by atoms with Gasteiger partial charge in [-0.1, -0.05) is 42.0 Å². The Bertz CT molecular complexity index is 854. The molecule has 0 saturated heterocycles. The topological polar surface area (TPSA) is 41.5 Å². The Hall–Kier alpha value is -2.63. The molecular formula is C19H15F3N2O. The zero-order valence-electron chi connectivity index (χ0n) is 13.3. The van der Waals surface area contributed by atoms with E-state index in [9.17, 15) is 18.0 Å². The van der Waals surface area contributed by atoms with Crippen LogP contribution in [0.4, 0.5) is 13.2 Å². The summed E-state index contributed by atoms with van der Waals surface area (Å²) < 4.78 is 38.0. The van der Waals surface area contributed by atoms with Crippen LogP contribution in [0.25, 0.3) is 0 Å². The number of amides is 1. The smallest absolute Gasteiger partial charge is 0.310 e. The van der Waals surface area contributed by atoms with Crippen molar-refractivity contribution in [3.63, 3.8) is 0 Å². The van der Waals surface area contributed by atoms with Crippen LogP contribution in [0, 0.1) is 12.8 Å². The Labute approximate surface area is 142 Å². The first-order chi connectivity index (χ1) is 11.8. The SMILES string of the molecule is Cc1ccc(C2C3N=C(c4ccc(C(F)(F)F)cc4)NC(=O)C32)cc1. The Morgan fingerprint density at radius 1 is 0.960 bits per heavy atom.